The van der Waals surface area contributed by atoms with E-state index in [2.05, 4.69) is 9.47 Å². The minimum atomic E-state index is -6.48. The minimum absolute atomic E-state index is 0.0130. The summed E-state index contributed by atoms with van der Waals surface area (Å²) in [6.07, 6.45) is -2.27. The van der Waals surface area contributed by atoms with E-state index in [1.807, 2.05) is 6.92 Å². The van der Waals surface area contributed by atoms with Crippen molar-refractivity contribution in [2.24, 2.45) is 0 Å². The van der Waals surface area contributed by atoms with Crippen LogP contribution < -0.4 is 0 Å². The number of hydrogen-bond acceptors (Lipinski definition) is 4. The Hall–Kier alpha value is -1.88. The fraction of sp³-hybridized carbons (Fsp3) is 0.714. The summed E-state index contributed by atoms with van der Waals surface area (Å²) in [6.45, 7) is -0.704. The molecule has 12 heteroatoms. The van der Waals surface area contributed by atoms with Crippen LogP contribution in [0.25, 0.3) is 0 Å². The lowest BCUT2D eigenvalue weighted by atomic mass is 10.1. The molecule has 0 saturated heterocycles. The second-order valence-corrected chi connectivity index (χ2v) is 5.02. The lowest BCUT2D eigenvalue weighted by Crippen LogP contribution is -2.59. The van der Waals surface area contributed by atoms with Gasteiger partial charge < -0.3 is 9.47 Å². The first-order chi connectivity index (χ1) is 11.8. The van der Waals surface area contributed by atoms with Crippen molar-refractivity contribution >= 4 is 11.9 Å². The van der Waals surface area contributed by atoms with Gasteiger partial charge in [0.25, 0.3) is 0 Å². The van der Waals surface area contributed by atoms with Crippen molar-refractivity contribution in [3.63, 3.8) is 0 Å². The molecular weight excluding hydrogens is 384 g/mol. The largest absolute Gasteiger partial charge is 0.463 e. The topological polar surface area (TPSA) is 52.6 Å². The van der Waals surface area contributed by atoms with E-state index in [0.717, 1.165) is 12.8 Å². The SMILES string of the molecule is CCCCCOC(=O)/C=C/C(=O)OCC(F)(F)C(F)(F)C(F)(F)C(F)F. The maximum Gasteiger partial charge on any atom is 0.381 e. The van der Waals surface area contributed by atoms with Gasteiger partial charge in [-0.1, -0.05) is 19.8 Å². The molecule has 0 bridgehead atoms. The van der Waals surface area contributed by atoms with Crippen molar-refractivity contribution < 1.29 is 54.2 Å². The molecule has 4 nitrogen and oxygen atoms in total. The van der Waals surface area contributed by atoms with Crippen LogP contribution in [0.15, 0.2) is 12.2 Å². The average Bonchev–Trinajstić information content (AvgIpc) is 2.54. The van der Waals surface area contributed by atoms with Gasteiger partial charge in [0.2, 0.25) is 0 Å². The predicted molar refractivity (Wildman–Crippen MR) is 71.4 cm³/mol. The summed E-state index contributed by atoms with van der Waals surface area (Å²) in [5.41, 5.74) is 0. The van der Waals surface area contributed by atoms with E-state index in [1.54, 1.807) is 0 Å². The van der Waals surface area contributed by atoms with Crippen molar-refractivity contribution in [1.82, 2.24) is 0 Å². The van der Waals surface area contributed by atoms with Gasteiger partial charge in [0, 0.05) is 12.2 Å². The molecule has 0 aromatic heterocycles. The number of rotatable bonds is 11. The van der Waals surface area contributed by atoms with Crippen LogP contribution >= 0.6 is 0 Å². The molecule has 0 aromatic carbocycles. The van der Waals surface area contributed by atoms with Crippen molar-refractivity contribution in [3.05, 3.63) is 12.2 Å². The molecule has 0 aliphatic carbocycles. The van der Waals surface area contributed by atoms with E-state index in [-0.39, 0.29) is 12.7 Å². The molecule has 26 heavy (non-hydrogen) atoms. The third kappa shape index (κ3) is 6.45. The molecule has 0 aliphatic rings. The summed E-state index contributed by atoms with van der Waals surface area (Å²) >= 11 is 0. The first-order valence-electron chi connectivity index (χ1n) is 7.22. The summed E-state index contributed by atoms with van der Waals surface area (Å²) in [6, 6.07) is 0. The Balaban J connectivity index is 4.65. The number of ether oxygens (including phenoxy) is 2. The standard InChI is InChI=1S/C14H16F8O4/c1-2-3-4-7-25-9(23)5-6-10(24)26-8-12(17,18)14(21,22)13(19,20)11(15)16/h5-6,11H,2-4,7-8H2,1H3/b6-5+. The average molecular weight is 400 g/mol. The van der Waals surface area contributed by atoms with Gasteiger partial charge in [0.15, 0.2) is 6.61 Å². The van der Waals surface area contributed by atoms with Crippen molar-refractivity contribution in [3.8, 4) is 0 Å². The summed E-state index contributed by atoms with van der Waals surface area (Å²) in [4.78, 5) is 22.2. The van der Waals surface area contributed by atoms with Crippen LogP contribution in [-0.2, 0) is 19.1 Å². The smallest absolute Gasteiger partial charge is 0.381 e. The Morgan fingerprint density at radius 3 is 1.88 bits per heavy atom. The molecule has 0 N–H and O–H groups in total. The van der Waals surface area contributed by atoms with E-state index in [4.69, 9.17) is 0 Å². The third-order valence-electron chi connectivity index (χ3n) is 2.90. The summed E-state index contributed by atoms with van der Waals surface area (Å²) in [5.74, 6) is -21.4. The second-order valence-electron chi connectivity index (χ2n) is 5.02. The Morgan fingerprint density at radius 2 is 1.42 bits per heavy atom. The van der Waals surface area contributed by atoms with Crippen molar-refractivity contribution in [2.75, 3.05) is 13.2 Å². The molecule has 0 heterocycles. The second kappa shape index (κ2) is 9.72. The molecule has 0 saturated carbocycles. The van der Waals surface area contributed by atoms with Gasteiger partial charge in [-0.2, -0.15) is 26.3 Å². The van der Waals surface area contributed by atoms with Gasteiger partial charge in [-0.15, -0.1) is 0 Å². The summed E-state index contributed by atoms with van der Waals surface area (Å²) < 4.78 is 109. The zero-order valence-electron chi connectivity index (χ0n) is 13.4. The van der Waals surface area contributed by atoms with Crippen LogP contribution in [0.4, 0.5) is 35.1 Å². The van der Waals surface area contributed by atoms with E-state index < -0.39 is 42.7 Å². The van der Waals surface area contributed by atoms with Gasteiger partial charge in [0.1, 0.15) is 0 Å². The highest BCUT2D eigenvalue weighted by Crippen LogP contribution is 2.48. The zero-order valence-corrected chi connectivity index (χ0v) is 13.4. The maximum atomic E-state index is 13.1. The van der Waals surface area contributed by atoms with Gasteiger partial charge >= 0.3 is 36.1 Å². The number of unbranched alkanes of at least 4 members (excludes halogenated alkanes) is 2. The van der Waals surface area contributed by atoms with Crippen LogP contribution in [0, 0.1) is 0 Å². The lowest BCUT2D eigenvalue weighted by Gasteiger charge is -2.31. The molecular formula is C14H16F8O4. The molecule has 0 atom stereocenters. The fourth-order valence-corrected chi connectivity index (χ4v) is 1.39. The number of hydrogen-bond donors (Lipinski definition) is 0. The third-order valence-corrected chi connectivity index (χ3v) is 2.90. The van der Waals surface area contributed by atoms with E-state index in [1.165, 1.54) is 0 Å². The molecule has 0 aliphatic heterocycles. The summed E-state index contributed by atoms with van der Waals surface area (Å²) in [5, 5.41) is 0. The van der Waals surface area contributed by atoms with Gasteiger partial charge in [-0.05, 0) is 6.42 Å². The number of esters is 2. The molecule has 0 radical (unpaired) electrons. The Kier molecular flexibility index (Phi) is 9.01. The predicted octanol–water partition coefficient (Wildman–Crippen LogP) is 3.99. The van der Waals surface area contributed by atoms with Gasteiger partial charge in [0.05, 0.1) is 6.61 Å². The highest BCUT2D eigenvalue weighted by molar-refractivity contribution is 5.91. The number of halogens is 8. The monoisotopic (exact) mass is 400 g/mol. The number of carbonyl (C=O) groups excluding carboxylic acids is 2. The maximum absolute atomic E-state index is 13.1. The van der Waals surface area contributed by atoms with Crippen LogP contribution in [-0.4, -0.2) is 49.3 Å². The Morgan fingerprint density at radius 1 is 0.923 bits per heavy atom. The molecule has 0 amide bonds. The molecule has 0 unspecified atom stereocenters. The molecule has 0 aromatic rings. The fourth-order valence-electron chi connectivity index (χ4n) is 1.39. The first-order valence-corrected chi connectivity index (χ1v) is 7.22. The van der Waals surface area contributed by atoms with Crippen LogP contribution in [0.2, 0.25) is 0 Å². The lowest BCUT2D eigenvalue weighted by molar-refractivity contribution is -0.344. The molecule has 0 spiro atoms. The van der Waals surface area contributed by atoms with Gasteiger partial charge in [-0.3, -0.25) is 0 Å². The molecule has 152 valence electrons. The highest BCUT2D eigenvalue weighted by atomic mass is 19.4. The Labute approximate surface area is 143 Å². The normalized spacial score (nSPS) is 13.3. The minimum Gasteiger partial charge on any atom is -0.463 e. The van der Waals surface area contributed by atoms with Crippen LogP contribution in [0.3, 0.4) is 0 Å². The van der Waals surface area contributed by atoms with Crippen LogP contribution in [0.5, 0.6) is 0 Å². The van der Waals surface area contributed by atoms with E-state index in [0.29, 0.717) is 12.5 Å². The van der Waals surface area contributed by atoms with E-state index in [9.17, 15) is 44.7 Å². The number of alkyl halides is 8. The van der Waals surface area contributed by atoms with Gasteiger partial charge in [-0.25, -0.2) is 18.4 Å². The van der Waals surface area contributed by atoms with Crippen molar-refractivity contribution in [1.29, 1.82) is 0 Å². The van der Waals surface area contributed by atoms with Crippen molar-refractivity contribution in [2.45, 2.75) is 50.4 Å². The van der Waals surface area contributed by atoms with Crippen LogP contribution in [0.1, 0.15) is 26.2 Å². The zero-order chi connectivity index (χ0) is 20.6. The first kappa shape index (κ1) is 24.1. The molecule has 0 fully saturated rings. The molecule has 0 rings (SSSR count). The summed E-state index contributed by atoms with van der Waals surface area (Å²) in [7, 11) is 0. The number of carbonyl (C=O) groups is 2. The quantitative estimate of drug-likeness (QED) is 0.228. The highest BCUT2D eigenvalue weighted by Gasteiger charge is 2.75. The Bertz CT molecular complexity index is 505. The van der Waals surface area contributed by atoms with E-state index >= 15 is 0 Å².